The van der Waals surface area contributed by atoms with Gasteiger partial charge in [-0.3, -0.25) is 4.79 Å². The lowest BCUT2D eigenvalue weighted by molar-refractivity contribution is 0.0935. The van der Waals surface area contributed by atoms with E-state index in [1.807, 2.05) is 85.6 Å². The Labute approximate surface area is 148 Å². The van der Waals surface area contributed by atoms with Crippen molar-refractivity contribution in [2.75, 3.05) is 11.9 Å². The largest absolute Gasteiger partial charge is 0.344 e. The average Bonchev–Trinajstić information content (AvgIpc) is 2.69. The van der Waals surface area contributed by atoms with Crippen molar-refractivity contribution in [1.82, 2.24) is 10.3 Å². The summed E-state index contributed by atoms with van der Waals surface area (Å²) < 4.78 is 0. The van der Waals surface area contributed by atoms with Gasteiger partial charge < -0.3 is 10.2 Å². The summed E-state index contributed by atoms with van der Waals surface area (Å²) in [6.45, 7) is 1.96. The predicted molar refractivity (Wildman–Crippen MR) is 101 cm³/mol. The van der Waals surface area contributed by atoms with Crippen LogP contribution < -0.4 is 10.2 Å². The first-order chi connectivity index (χ1) is 12.1. The van der Waals surface area contributed by atoms with Crippen molar-refractivity contribution in [1.29, 1.82) is 0 Å². The molecular formula is C21H21N3O. The van der Waals surface area contributed by atoms with Crippen molar-refractivity contribution >= 4 is 17.3 Å². The zero-order valence-corrected chi connectivity index (χ0v) is 14.4. The Balaban J connectivity index is 1.68. The molecule has 3 aromatic rings. The lowest BCUT2D eigenvalue weighted by atomic mass is 10.1. The molecule has 1 amide bonds. The van der Waals surface area contributed by atoms with Crippen molar-refractivity contribution in [3.05, 3.63) is 90.3 Å². The lowest BCUT2D eigenvalue weighted by Crippen LogP contribution is -2.27. The van der Waals surface area contributed by atoms with Gasteiger partial charge in [0.15, 0.2) is 0 Å². The van der Waals surface area contributed by atoms with Gasteiger partial charge in [0.05, 0.1) is 17.9 Å². The van der Waals surface area contributed by atoms with Gasteiger partial charge in [0.2, 0.25) is 0 Å². The third kappa shape index (κ3) is 4.04. The van der Waals surface area contributed by atoms with Gasteiger partial charge in [-0.1, -0.05) is 48.5 Å². The highest BCUT2D eigenvalue weighted by atomic mass is 16.1. The quantitative estimate of drug-likeness (QED) is 0.756. The van der Waals surface area contributed by atoms with E-state index < -0.39 is 0 Å². The van der Waals surface area contributed by atoms with E-state index >= 15 is 0 Å². The van der Waals surface area contributed by atoms with Crippen LogP contribution in [0, 0.1) is 0 Å². The van der Waals surface area contributed by atoms with E-state index in [-0.39, 0.29) is 11.9 Å². The molecule has 1 aromatic heterocycles. The summed E-state index contributed by atoms with van der Waals surface area (Å²) in [4.78, 5) is 18.7. The first kappa shape index (κ1) is 16.7. The van der Waals surface area contributed by atoms with Crippen LogP contribution >= 0.6 is 0 Å². The molecule has 0 aliphatic rings. The predicted octanol–water partition coefficient (Wildman–Crippen LogP) is 4.34. The molecule has 0 radical (unpaired) electrons. The number of hydrogen-bond donors (Lipinski definition) is 1. The third-order valence-corrected chi connectivity index (χ3v) is 4.16. The minimum absolute atomic E-state index is 0.0674. The fraction of sp³-hybridized carbons (Fsp3) is 0.143. The number of hydrogen-bond acceptors (Lipinski definition) is 3. The summed E-state index contributed by atoms with van der Waals surface area (Å²) in [6.07, 6.45) is 1.72. The Bertz CT molecular complexity index is 817. The molecule has 0 bridgehead atoms. The van der Waals surface area contributed by atoms with Gasteiger partial charge in [0, 0.05) is 12.7 Å². The van der Waals surface area contributed by atoms with Gasteiger partial charge in [-0.25, -0.2) is 4.98 Å². The van der Waals surface area contributed by atoms with Crippen molar-refractivity contribution in [2.24, 2.45) is 0 Å². The molecule has 0 spiro atoms. The number of nitrogens with one attached hydrogen (secondary N) is 1. The van der Waals surface area contributed by atoms with Crippen LogP contribution in [0.1, 0.15) is 29.0 Å². The van der Waals surface area contributed by atoms with Crippen LogP contribution in [0.2, 0.25) is 0 Å². The number of nitrogens with zero attached hydrogens (tertiary/aromatic N) is 2. The third-order valence-electron chi connectivity index (χ3n) is 4.16. The number of anilines is 2. The van der Waals surface area contributed by atoms with E-state index in [1.54, 1.807) is 12.3 Å². The Morgan fingerprint density at radius 1 is 0.920 bits per heavy atom. The highest BCUT2D eigenvalue weighted by Gasteiger charge is 2.13. The van der Waals surface area contributed by atoms with E-state index in [0.717, 1.165) is 16.9 Å². The molecule has 0 fully saturated rings. The van der Waals surface area contributed by atoms with Crippen LogP contribution in [0.5, 0.6) is 0 Å². The van der Waals surface area contributed by atoms with Crippen molar-refractivity contribution in [3.63, 3.8) is 0 Å². The van der Waals surface area contributed by atoms with Gasteiger partial charge in [-0.2, -0.15) is 0 Å². The molecule has 1 unspecified atom stereocenters. The minimum Gasteiger partial charge on any atom is -0.344 e. The number of carbonyl (C=O) groups excluding carboxylic acids is 1. The van der Waals surface area contributed by atoms with Gasteiger partial charge >= 0.3 is 0 Å². The Hall–Kier alpha value is -3.14. The maximum absolute atomic E-state index is 12.4. The Morgan fingerprint density at radius 3 is 2.16 bits per heavy atom. The maximum Gasteiger partial charge on any atom is 0.270 e. The summed E-state index contributed by atoms with van der Waals surface area (Å²) >= 11 is 0. The number of para-hydroxylation sites is 1. The van der Waals surface area contributed by atoms with E-state index in [1.165, 1.54) is 0 Å². The van der Waals surface area contributed by atoms with Crippen LogP contribution in [0.4, 0.5) is 11.4 Å². The molecule has 0 aliphatic heterocycles. The fourth-order valence-corrected chi connectivity index (χ4v) is 2.62. The number of carbonyl (C=O) groups is 1. The SMILES string of the molecule is CC(NC(=O)c1ccc(N(C)c2ccccc2)cn1)c1ccccc1. The summed E-state index contributed by atoms with van der Waals surface area (Å²) in [7, 11) is 1.98. The summed E-state index contributed by atoms with van der Waals surface area (Å²) in [5, 5.41) is 2.98. The second kappa shape index (κ2) is 7.62. The second-order valence-corrected chi connectivity index (χ2v) is 5.90. The topological polar surface area (TPSA) is 45.2 Å². The Kier molecular flexibility index (Phi) is 5.09. The second-order valence-electron chi connectivity index (χ2n) is 5.90. The Morgan fingerprint density at radius 2 is 1.56 bits per heavy atom. The van der Waals surface area contributed by atoms with Crippen molar-refractivity contribution < 1.29 is 4.79 Å². The monoisotopic (exact) mass is 331 g/mol. The zero-order valence-electron chi connectivity index (χ0n) is 14.4. The lowest BCUT2D eigenvalue weighted by Gasteiger charge is -2.19. The molecule has 4 heteroatoms. The van der Waals surface area contributed by atoms with Crippen LogP contribution in [0.15, 0.2) is 79.0 Å². The molecule has 126 valence electrons. The van der Waals surface area contributed by atoms with Gasteiger partial charge in [0.1, 0.15) is 5.69 Å². The van der Waals surface area contributed by atoms with Gasteiger partial charge in [0.25, 0.3) is 5.91 Å². The van der Waals surface area contributed by atoms with E-state index in [4.69, 9.17) is 0 Å². The summed E-state index contributed by atoms with van der Waals surface area (Å²) in [5.74, 6) is -0.176. The molecule has 25 heavy (non-hydrogen) atoms. The zero-order chi connectivity index (χ0) is 17.6. The molecular weight excluding hydrogens is 310 g/mol. The number of aromatic nitrogens is 1. The van der Waals surface area contributed by atoms with Crippen LogP contribution in [0.25, 0.3) is 0 Å². The first-order valence-corrected chi connectivity index (χ1v) is 8.26. The number of pyridine rings is 1. The van der Waals surface area contributed by atoms with Crippen LogP contribution in [-0.4, -0.2) is 17.9 Å². The molecule has 1 atom stereocenters. The summed E-state index contributed by atoms with van der Waals surface area (Å²) in [5.41, 5.74) is 3.47. The first-order valence-electron chi connectivity index (χ1n) is 8.26. The van der Waals surface area contributed by atoms with Gasteiger partial charge in [-0.15, -0.1) is 0 Å². The highest BCUT2D eigenvalue weighted by Crippen LogP contribution is 2.22. The van der Waals surface area contributed by atoms with E-state index in [2.05, 4.69) is 10.3 Å². The minimum atomic E-state index is -0.176. The van der Waals surface area contributed by atoms with E-state index in [0.29, 0.717) is 5.69 Å². The highest BCUT2D eigenvalue weighted by molar-refractivity contribution is 5.92. The van der Waals surface area contributed by atoms with Crippen LogP contribution in [-0.2, 0) is 0 Å². The van der Waals surface area contributed by atoms with E-state index in [9.17, 15) is 4.79 Å². The number of benzene rings is 2. The van der Waals surface area contributed by atoms with Gasteiger partial charge in [-0.05, 0) is 36.8 Å². The fourth-order valence-electron chi connectivity index (χ4n) is 2.62. The molecule has 1 heterocycles. The molecule has 0 saturated heterocycles. The number of rotatable bonds is 5. The molecule has 4 nitrogen and oxygen atoms in total. The average molecular weight is 331 g/mol. The normalized spacial score (nSPS) is 11.6. The van der Waals surface area contributed by atoms with Crippen molar-refractivity contribution in [2.45, 2.75) is 13.0 Å². The standard InChI is InChI=1S/C21H21N3O/c1-16(17-9-5-3-6-10-17)23-21(25)20-14-13-19(15-22-20)24(2)18-11-7-4-8-12-18/h3-16H,1-2H3,(H,23,25). The maximum atomic E-state index is 12.4. The molecule has 2 aromatic carbocycles. The molecule has 1 N–H and O–H groups in total. The van der Waals surface area contributed by atoms with Crippen LogP contribution in [0.3, 0.4) is 0 Å². The smallest absolute Gasteiger partial charge is 0.270 e. The molecule has 3 rings (SSSR count). The van der Waals surface area contributed by atoms with Crippen molar-refractivity contribution in [3.8, 4) is 0 Å². The summed E-state index contributed by atoms with van der Waals surface area (Å²) in [6, 6.07) is 23.5. The molecule has 0 aliphatic carbocycles. The molecule has 0 saturated carbocycles. The number of amides is 1.